The SMILES string of the molecule is CCCNCCCOc1ccccc1CO. The summed E-state index contributed by atoms with van der Waals surface area (Å²) >= 11 is 0. The van der Waals surface area contributed by atoms with Crippen molar-refractivity contribution in [2.75, 3.05) is 19.7 Å². The fourth-order valence-corrected chi connectivity index (χ4v) is 1.46. The minimum absolute atomic E-state index is 0.0320. The topological polar surface area (TPSA) is 41.5 Å². The molecule has 1 aromatic rings. The van der Waals surface area contributed by atoms with E-state index in [0.29, 0.717) is 6.61 Å². The summed E-state index contributed by atoms with van der Waals surface area (Å²) in [4.78, 5) is 0. The summed E-state index contributed by atoms with van der Waals surface area (Å²) in [6, 6.07) is 7.60. The van der Waals surface area contributed by atoms with Gasteiger partial charge in [0.05, 0.1) is 13.2 Å². The molecule has 0 fully saturated rings. The van der Waals surface area contributed by atoms with Crippen LogP contribution in [0.1, 0.15) is 25.3 Å². The Labute approximate surface area is 97.4 Å². The molecule has 16 heavy (non-hydrogen) atoms. The average Bonchev–Trinajstić information content (AvgIpc) is 2.34. The third kappa shape index (κ3) is 4.64. The fraction of sp³-hybridized carbons (Fsp3) is 0.538. The largest absolute Gasteiger partial charge is 0.493 e. The van der Waals surface area contributed by atoms with Crippen LogP contribution in [0.15, 0.2) is 24.3 Å². The van der Waals surface area contributed by atoms with E-state index in [0.717, 1.165) is 37.2 Å². The van der Waals surface area contributed by atoms with Crippen molar-refractivity contribution in [3.63, 3.8) is 0 Å². The number of aliphatic hydroxyl groups excluding tert-OH is 1. The number of ether oxygens (including phenoxy) is 1. The molecule has 3 heteroatoms. The Bertz CT molecular complexity index is 289. The van der Waals surface area contributed by atoms with Crippen LogP contribution in [0, 0.1) is 0 Å². The van der Waals surface area contributed by atoms with Crippen molar-refractivity contribution in [3.8, 4) is 5.75 Å². The predicted octanol–water partition coefficient (Wildman–Crippen LogP) is 1.95. The van der Waals surface area contributed by atoms with Crippen molar-refractivity contribution in [3.05, 3.63) is 29.8 Å². The van der Waals surface area contributed by atoms with Gasteiger partial charge >= 0.3 is 0 Å². The van der Waals surface area contributed by atoms with Gasteiger partial charge in [-0.3, -0.25) is 0 Å². The van der Waals surface area contributed by atoms with Crippen molar-refractivity contribution in [2.24, 2.45) is 0 Å². The molecule has 0 aliphatic heterocycles. The number of hydrogen-bond donors (Lipinski definition) is 2. The quantitative estimate of drug-likeness (QED) is 0.662. The molecule has 0 saturated carbocycles. The Hall–Kier alpha value is -1.06. The lowest BCUT2D eigenvalue weighted by molar-refractivity contribution is 0.261. The summed E-state index contributed by atoms with van der Waals surface area (Å²) < 4.78 is 5.61. The standard InChI is InChI=1S/C13H21NO2/c1-2-8-14-9-5-10-16-13-7-4-3-6-12(13)11-15/h3-4,6-7,14-15H,2,5,8-11H2,1H3. The van der Waals surface area contributed by atoms with E-state index in [1.54, 1.807) is 0 Å². The number of para-hydroxylation sites is 1. The Kier molecular flexibility index (Phi) is 6.61. The normalized spacial score (nSPS) is 10.4. The van der Waals surface area contributed by atoms with E-state index >= 15 is 0 Å². The smallest absolute Gasteiger partial charge is 0.124 e. The number of aliphatic hydroxyl groups is 1. The lowest BCUT2D eigenvalue weighted by atomic mass is 10.2. The summed E-state index contributed by atoms with van der Waals surface area (Å²) in [6.45, 7) is 4.92. The first-order chi connectivity index (χ1) is 7.88. The van der Waals surface area contributed by atoms with Crippen LogP contribution >= 0.6 is 0 Å². The maximum atomic E-state index is 9.10. The molecule has 0 aromatic heterocycles. The van der Waals surface area contributed by atoms with Gasteiger partial charge in [-0.1, -0.05) is 25.1 Å². The van der Waals surface area contributed by atoms with Gasteiger partial charge in [0.25, 0.3) is 0 Å². The highest BCUT2D eigenvalue weighted by Gasteiger charge is 2.00. The van der Waals surface area contributed by atoms with E-state index < -0.39 is 0 Å². The van der Waals surface area contributed by atoms with Crippen molar-refractivity contribution in [1.82, 2.24) is 5.32 Å². The van der Waals surface area contributed by atoms with Crippen molar-refractivity contribution >= 4 is 0 Å². The van der Waals surface area contributed by atoms with Crippen LogP contribution in [0.25, 0.3) is 0 Å². The number of benzene rings is 1. The summed E-state index contributed by atoms with van der Waals surface area (Å²) in [5.41, 5.74) is 0.851. The van der Waals surface area contributed by atoms with Gasteiger partial charge in [-0.15, -0.1) is 0 Å². The summed E-state index contributed by atoms with van der Waals surface area (Å²) in [5.74, 6) is 0.792. The molecule has 1 rings (SSSR count). The monoisotopic (exact) mass is 223 g/mol. The lowest BCUT2D eigenvalue weighted by Gasteiger charge is -2.09. The molecule has 0 aliphatic carbocycles. The molecule has 0 heterocycles. The third-order valence-corrected chi connectivity index (χ3v) is 2.33. The zero-order valence-corrected chi connectivity index (χ0v) is 9.91. The Morgan fingerprint density at radius 3 is 2.81 bits per heavy atom. The second-order valence-electron chi connectivity index (χ2n) is 3.72. The molecule has 0 radical (unpaired) electrons. The van der Waals surface area contributed by atoms with Crippen LogP contribution in [0.4, 0.5) is 0 Å². The van der Waals surface area contributed by atoms with E-state index in [-0.39, 0.29) is 6.61 Å². The van der Waals surface area contributed by atoms with E-state index in [2.05, 4.69) is 12.2 Å². The predicted molar refractivity (Wildman–Crippen MR) is 65.6 cm³/mol. The molecule has 0 saturated heterocycles. The average molecular weight is 223 g/mol. The Morgan fingerprint density at radius 1 is 1.25 bits per heavy atom. The van der Waals surface area contributed by atoms with Gasteiger partial charge < -0.3 is 15.2 Å². The molecule has 0 amide bonds. The number of hydrogen-bond acceptors (Lipinski definition) is 3. The lowest BCUT2D eigenvalue weighted by Crippen LogP contribution is -2.18. The van der Waals surface area contributed by atoms with E-state index in [1.807, 2.05) is 24.3 Å². The molecular weight excluding hydrogens is 202 g/mol. The molecule has 0 bridgehead atoms. The van der Waals surface area contributed by atoms with E-state index in [1.165, 1.54) is 0 Å². The second kappa shape index (κ2) is 8.13. The Balaban J connectivity index is 2.21. The first-order valence-corrected chi connectivity index (χ1v) is 5.90. The van der Waals surface area contributed by atoms with Gasteiger partial charge in [-0.05, 0) is 32.0 Å². The minimum Gasteiger partial charge on any atom is -0.493 e. The molecule has 0 spiro atoms. The maximum absolute atomic E-state index is 9.10. The highest BCUT2D eigenvalue weighted by atomic mass is 16.5. The van der Waals surface area contributed by atoms with Gasteiger partial charge in [0, 0.05) is 5.56 Å². The minimum atomic E-state index is 0.0320. The zero-order chi connectivity index (χ0) is 11.6. The maximum Gasteiger partial charge on any atom is 0.124 e. The molecule has 0 atom stereocenters. The van der Waals surface area contributed by atoms with Crippen LogP contribution in [-0.2, 0) is 6.61 Å². The molecule has 2 N–H and O–H groups in total. The van der Waals surface area contributed by atoms with Gasteiger partial charge in [-0.2, -0.15) is 0 Å². The van der Waals surface area contributed by atoms with Crippen LogP contribution < -0.4 is 10.1 Å². The molecule has 0 unspecified atom stereocenters. The molecule has 90 valence electrons. The second-order valence-corrected chi connectivity index (χ2v) is 3.72. The van der Waals surface area contributed by atoms with Crippen molar-refractivity contribution in [1.29, 1.82) is 0 Å². The molecular formula is C13H21NO2. The number of nitrogens with one attached hydrogen (secondary N) is 1. The van der Waals surface area contributed by atoms with Gasteiger partial charge in [-0.25, -0.2) is 0 Å². The molecule has 3 nitrogen and oxygen atoms in total. The van der Waals surface area contributed by atoms with Crippen LogP contribution in [0.5, 0.6) is 5.75 Å². The fourth-order valence-electron chi connectivity index (χ4n) is 1.46. The molecule has 0 aliphatic rings. The van der Waals surface area contributed by atoms with E-state index in [4.69, 9.17) is 9.84 Å². The van der Waals surface area contributed by atoms with Crippen molar-refractivity contribution in [2.45, 2.75) is 26.4 Å². The molecule has 1 aromatic carbocycles. The van der Waals surface area contributed by atoms with Crippen LogP contribution in [0.2, 0.25) is 0 Å². The van der Waals surface area contributed by atoms with Gasteiger partial charge in [0.15, 0.2) is 0 Å². The highest BCUT2D eigenvalue weighted by Crippen LogP contribution is 2.17. The number of rotatable bonds is 8. The van der Waals surface area contributed by atoms with Crippen LogP contribution in [-0.4, -0.2) is 24.8 Å². The highest BCUT2D eigenvalue weighted by molar-refractivity contribution is 5.32. The summed E-state index contributed by atoms with van der Waals surface area (Å²) in [7, 11) is 0. The van der Waals surface area contributed by atoms with E-state index in [9.17, 15) is 0 Å². The first-order valence-electron chi connectivity index (χ1n) is 5.90. The van der Waals surface area contributed by atoms with Crippen molar-refractivity contribution < 1.29 is 9.84 Å². The summed E-state index contributed by atoms with van der Waals surface area (Å²) in [5, 5.41) is 12.4. The zero-order valence-electron chi connectivity index (χ0n) is 9.91. The summed E-state index contributed by atoms with van der Waals surface area (Å²) in [6.07, 6.45) is 2.15. The van der Waals surface area contributed by atoms with Gasteiger partial charge in [0.2, 0.25) is 0 Å². The third-order valence-electron chi connectivity index (χ3n) is 2.33. The first kappa shape index (κ1) is 13.0. The van der Waals surface area contributed by atoms with Gasteiger partial charge in [0.1, 0.15) is 5.75 Å². The Morgan fingerprint density at radius 2 is 2.06 bits per heavy atom. The van der Waals surface area contributed by atoms with Crippen LogP contribution in [0.3, 0.4) is 0 Å².